The van der Waals surface area contributed by atoms with Gasteiger partial charge in [-0.3, -0.25) is 9.59 Å². The molecular weight excluding hydrogens is 350 g/mol. The molecule has 1 saturated heterocycles. The smallest absolute Gasteiger partial charge is 0.249 e. The van der Waals surface area contributed by atoms with Crippen LogP contribution in [0.5, 0.6) is 0 Å². The van der Waals surface area contributed by atoms with Crippen LogP contribution in [-0.4, -0.2) is 29.8 Å². The first-order valence-electron chi connectivity index (χ1n) is 9.05. The molecule has 1 aliphatic rings. The number of halogens is 2. The second-order valence-electron chi connectivity index (χ2n) is 6.78. The van der Waals surface area contributed by atoms with Crippen LogP contribution in [-0.2, 0) is 16.0 Å². The van der Waals surface area contributed by atoms with E-state index in [1.165, 1.54) is 18.2 Å². The van der Waals surface area contributed by atoms with Gasteiger partial charge >= 0.3 is 0 Å². The standard InChI is InChI=1S/C21H22F2N2O2/c1-2-19(26)24-20(15-7-4-3-5-8-15)21(27)25-12-14(13-25)11-16-17(22)9-6-10-18(16)23/h3-10,14,20H,2,11-13H2,1H3,(H,24,26). The summed E-state index contributed by atoms with van der Waals surface area (Å²) in [5, 5.41) is 2.76. The summed E-state index contributed by atoms with van der Waals surface area (Å²) in [4.78, 5) is 26.3. The van der Waals surface area contributed by atoms with Crippen molar-refractivity contribution in [2.24, 2.45) is 5.92 Å². The maximum atomic E-state index is 13.8. The van der Waals surface area contributed by atoms with Crippen LogP contribution < -0.4 is 5.32 Å². The summed E-state index contributed by atoms with van der Waals surface area (Å²) in [7, 11) is 0. The van der Waals surface area contributed by atoms with Gasteiger partial charge < -0.3 is 10.2 Å². The van der Waals surface area contributed by atoms with Crippen LogP contribution in [0.1, 0.15) is 30.5 Å². The van der Waals surface area contributed by atoms with Crippen LogP contribution >= 0.6 is 0 Å². The molecule has 2 amide bonds. The first-order chi connectivity index (χ1) is 13.0. The zero-order valence-electron chi connectivity index (χ0n) is 15.1. The number of carbonyl (C=O) groups excluding carboxylic acids is 2. The van der Waals surface area contributed by atoms with Crippen LogP contribution in [0, 0.1) is 17.6 Å². The number of benzene rings is 2. The molecule has 2 aromatic rings. The Balaban J connectivity index is 1.65. The average molecular weight is 372 g/mol. The van der Waals surface area contributed by atoms with E-state index in [0.717, 1.165) is 0 Å². The van der Waals surface area contributed by atoms with Crippen molar-refractivity contribution in [3.05, 3.63) is 71.3 Å². The van der Waals surface area contributed by atoms with E-state index in [2.05, 4.69) is 5.32 Å². The van der Waals surface area contributed by atoms with E-state index < -0.39 is 17.7 Å². The summed E-state index contributed by atoms with van der Waals surface area (Å²) in [6.07, 6.45) is 0.533. The molecule has 3 rings (SSSR count). The van der Waals surface area contributed by atoms with Gasteiger partial charge in [0, 0.05) is 25.1 Å². The molecule has 1 aliphatic heterocycles. The number of nitrogens with zero attached hydrogens (tertiary/aromatic N) is 1. The molecule has 1 fully saturated rings. The lowest BCUT2D eigenvalue weighted by molar-refractivity contribution is -0.142. The highest BCUT2D eigenvalue weighted by atomic mass is 19.1. The minimum Gasteiger partial charge on any atom is -0.341 e. The Hall–Kier alpha value is -2.76. The van der Waals surface area contributed by atoms with Gasteiger partial charge in [-0.1, -0.05) is 43.3 Å². The molecule has 0 saturated carbocycles. The number of hydrogen-bond acceptors (Lipinski definition) is 2. The van der Waals surface area contributed by atoms with Crippen molar-refractivity contribution in [2.75, 3.05) is 13.1 Å². The van der Waals surface area contributed by atoms with Gasteiger partial charge in [-0.05, 0) is 30.0 Å². The van der Waals surface area contributed by atoms with Crippen LogP contribution in [0.2, 0.25) is 0 Å². The fourth-order valence-electron chi connectivity index (χ4n) is 3.27. The van der Waals surface area contributed by atoms with Gasteiger partial charge in [0.05, 0.1) is 0 Å². The lowest BCUT2D eigenvalue weighted by Crippen LogP contribution is -2.54. The lowest BCUT2D eigenvalue weighted by atomic mass is 9.90. The van der Waals surface area contributed by atoms with Crippen LogP contribution in [0.4, 0.5) is 8.78 Å². The molecule has 0 spiro atoms. The molecule has 0 aliphatic carbocycles. The van der Waals surface area contributed by atoms with Crippen LogP contribution in [0.15, 0.2) is 48.5 Å². The topological polar surface area (TPSA) is 49.4 Å². The quantitative estimate of drug-likeness (QED) is 0.846. The second-order valence-corrected chi connectivity index (χ2v) is 6.78. The fourth-order valence-corrected chi connectivity index (χ4v) is 3.27. The molecule has 1 heterocycles. The molecule has 6 heteroatoms. The third-order valence-corrected chi connectivity index (χ3v) is 4.83. The molecule has 27 heavy (non-hydrogen) atoms. The van der Waals surface area contributed by atoms with Gasteiger partial charge in [0.2, 0.25) is 11.8 Å². The molecule has 0 aromatic heterocycles. The Labute approximate surface area is 157 Å². The Morgan fingerprint density at radius 1 is 1.07 bits per heavy atom. The van der Waals surface area contributed by atoms with Gasteiger partial charge in [0.15, 0.2) is 0 Å². The lowest BCUT2D eigenvalue weighted by Gasteiger charge is -2.41. The molecule has 142 valence electrons. The zero-order valence-corrected chi connectivity index (χ0v) is 15.1. The third kappa shape index (κ3) is 4.32. The first kappa shape index (κ1) is 19.0. The van der Waals surface area contributed by atoms with E-state index in [1.54, 1.807) is 24.0 Å². The molecule has 0 bridgehead atoms. The minimum absolute atomic E-state index is 0.00125. The van der Waals surface area contributed by atoms with Crippen LogP contribution in [0.25, 0.3) is 0 Å². The predicted octanol–water partition coefficient (Wildman–Crippen LogP) is 3.23. The Bertz CT molecular complexity index is 800. The van der Waals surface area contributed by atoms with E-state index in [-0.39, 0.29) is 36.1 Å². The Morgan fingerprint density at radius 3 is 2.30 bits per heavy atom. The molecule has 2 aromatic carbocycles. The van der Waals surface area contributed by atoms with Gasteiger partial charge in [0.25, 0.3) is 0 Å². The largest absolute Gasteiger partial charge is 0.341 e. The summed E-state index contributed by atoms with van der Waals surface area (Å²) in [6, 6.07) is 12.1. The number of likely N-dealkylation sites (tertiary alicyclic amines) is 1. The highest BCUT2D eigenvalue weighted by Crippen LogP contribution is 2.27. The molecule has 1 unspecified atom stereocenters. The monoisotopic (exact) mass is 372 g/mol. The van der Waals surface area contributed by atoms with Crippen molar-refractivity contribution in [1.82, 2.24) is 10.2 Å². The average Bonchev–Trinajstić information content (AvgIpc) is 2.64. The van der Waals surface area contributed by atoms with Crippen molar-refractivity contribution in [3.63, 3.8) is 0 Å². The zero-order chi connectivity index (χ0) is 19.4. The summed E-state index contributed by atoms with van der Waals surface area (Å²) < 4.78 is 27.6. The summed E-state index contributed by atoms with van der Waals surface area (Å²) in [5.74, 6) is -1.52. The predicted molar refractivity (Wildman–Crippen MR) is 97.7 cm³/mol. The maximum absolute atomic E-state index is 13.8. The van der Waals surface area contributed by atoms with Crippen molar-refractivity contribution in [1.29, 1.82) is 0 Å². The number of carbonyl (C=O) groups is 2. The fraction of sp³-hybridized carbons (Fsp3) is 0.333. The normalized spacial score (nSPS) is 15.1. The number of hydrogen-bond donors (Lipinski definition) is 1. The number of amides is 2. The van der Waals surface area contributed by atoms with Gasteiger partial charge in [-0.25, -0.2) is 8.78 Å². The second kappa shape index (κ2) is 8.29. The van der Waals surface area contributed by atoms with E-state index >= 15 is 0 Å². The Kier molecular flexibility index (Phi) is 5.84. The molecule has 1 N–H and O–H groups in total. The Morgan fingerprint density at radius 2 is 1.70 bits per heavy atom. The van der Waals surface area contributed by atoms with Crippen LogP contribution in [0.3, 0.4) is 0 Å². The van der Waals surface area contributed by atoms with Gasteiger partial charge in [-0.2, -0.15) is 0 Å². The van der Waals surface area contributed by atoms with E-state index in [1.807, 2.05) is 18.2 Å². The van der Waals surface area contributed by atoms with E-state index in [0.29, 0.717) is 18.7 Å². The summed E-state index contributed by atoms with van der Waals surface area (Å²) in [6.45, 7) is 2.56. The third-order valence-electron chi connectivity index (χ3n) is 4.83. The summed E-state index contributed by atoms with van der Waals surface area (Å²) in [5.41, 5.74) is 0.779. The summed E-state index contributed by atoms with van der Waals surface area (Å²) >= 11 is 0. The molecule has 0 radical (unpaired) electrons. The number of rotatable bonds is 6. The molecule has 4 nitrogen and oxygen atoms in total. The van der Waals surface area contributed by atoms with Crippen molar-refractivity contribution in [2.45, 2.75) is 25.8 Å². The van der Waals surface area contributed by atoms with Crippen molar-refractivity contribution >= 4 is 11.8 Å². The van der Waals surface area contributed by atoms with E-state index in [4.69, 9.17) is 0 Å². The van der Waals surface area contributed by atoms with E-state index in [9.17, 15) is 18.4 Å². The molecular formula is C21H22F2N2O2. The highest BCUT2D eigenvalue weighted by Gasteiger charge is 2.36. The van der Waals surface area contributed by atoms with Gasteiger partial charge in [-0.15, -0.1) is 0 Å². The minimum atomic E-state index is -0.746. The highest BCUT2D eigenvalue weighted by molar-refractivity contribution is 5.89. The van der Waals surface area contributed by atoms with Crippen molar-refractivity contribution < 1.29 is 18.4 Å². The molecule has 1 atom stereocenters. The number of nitrogens with one attached hydrogen (secondary N) is 1. The first-order valence-corrected chi connectivity index (χ1v) is 9.05. The van der Waals surface area contributed by atoms with Gasteiger partial charge in [0.1, 0.15) is 17.7 Å². The maximum Gasteiger partial charge on any atom is 0.249 e. The van der Waals surface area contributed by atoms with Crippen molar-refractivity contribution in [3.8, 4) is 0 Å². The SMILES string of the molecule is CCC(=O)NC(C(=O)N1CC(Cc2c(F)cccc2F)C1)c1ccccc1.